The SMILES string of the molecule is C1=CCCC(N2c3ccccc3B3c4cc5c(cc4N(c4cc6c(cc4C4C=CC=CC4)c4ccccc4n6-c4ccccc4)C4CC(N(c6ccccc6)C6CC=CCC6)CC2C34)SC2CC(N(c3ccccc3)C3C=CC=CC3)=CC3SC4CCC=CC4B5C32)=C1. The molecule has 2 fully saturated rings. The Bertz CT molecular complexity index is 4520. The van der Waals surface area contributed by atoms with E-state index in [1.54, 1.807) is 10.9 Å². The molecule has 0 N–H and O–H groups in total. The molecule has 11 aliphatic rings. The first kappa shape index (κ1) is 56.6. The van der Waals surface area contributed by atoms with Gasteiger partial charge in [-0.2, -0.15) is 11.8 Å². The van der Waals surface area contributed by atoms with Gasteiger partial charge in [-0.05, 0) is 173 Å². The molecule has 19 rings (SSSR count). The van der Waals surface area contributed by atoms with Crippen LogP contribution in [0.3, 0.4) is 0 Å². The Balaban J connectivity index is 0.880. The molecule has 1 aromatic heterocycles. The molecule has 5 heterocycles. The van der Waals surface area contributed by atoms with Crippen molar-refractivity contribution in [2.75, 3.05) is 19.6 Å². The highest BCUT2D eigenvalue weighted by Gasteiger charge is 2.60. The van der Waals surface area contributed by atoms with Gasteiger partial charge in [-0.1, -0.05) is 205 Å². The van der Waals surface area contributed by atoms with Gasteiger partial charge in [0.2, 0.25) is 6.71 Å². The summed E-state index contributed by atoms with van der Waals surface area (Å²) >= 11 is 4.60. The minimum Gasteiger partial charge on any atom is -0.365 e. The molecular weight excluding hydrogens is 1160 g/mol. The smallest absolute Gasteiger partial charge is 0.221 e. The van der Waals surface area contributed by atoms with Crippen LogP contribution in [0, 0.1) is 0 Å². The van der Waals surface area contributed by atoms with E-state index in [1.807, 2.05) is 0 Å². The molecule has 12 unspecified atom stereocenters. The van der Waals surface area contributed by atoms with Gasteiger partial charge in [0, 0.05) is 107 Å². The van der Waals surface area contributed by atoms with E-state index in [0.717, 1.165) is 57.8 Å². The monoisotopic (exact) mass is 1240 g/mol. The van der Waals surface area contributed by atoms with Gasteiger partial charge in [-0.25, -0.2) is 0 Å². The zero-order valence-corrected chi connectivity index (χ0v) is 54.6. The molecular formula is C84H79B2N5S2. The van der Waals surface area contributed by atoms with E-state index in [0.29, 0.717) is 40.1 Å². The maximum atomic E-state index is 3.08. The quantitative estimate of drug-likeness (QED) is 0.0996. The van der Waals surface area contributed by atoms with E-state index in [4.69, 9.17) is 0 Å². The van der Waals surface area contributed by atoms with E-state index >= 15 is 0 Å². The van der Waals surface area contributed by atoms with Gasteiger partial charge in [0.1, 0.15) is 0 Å². The highest BCUT2D eigenvalue weighted by atomic mass is 32.2. The van der Waals surface area contributed by atoms with Gasteiger partial charge in [0.05, 0.1) is 17.1 Å². The van der Waals surface area contributed by atoms with Crippen LogP contribution in [0.25, 0.3) is 27.5 Å². The van der Waals surface area contributed by atoms with Crippen LogP contribution >= 0.6 is 23.5 Å². The number of thioether (sulfide) groups is 2. The lowest BCUT2D eigenvalue weighted by Crippen LogP contribution is -2.72. The Labute approximate surface area is 558 Å². The van der Waals surface area contributed by atoms with Crippen LogP contribution in [0.2, 0.25) is 17.5 Å². The highest BCUT2D eigenvalue weighted by Crippen LogP contribution is 2.61. The van der Waals surface area contributed by atoms with E-state index in [2.05, 4.69) is 309 Å². The second kappa shape index (κ2) is 23.5. The van der Waals surface area contributed by atoms with Crippen LogP contribution < -0.4 is 36.0 Å². The van der Waals surface area contributed by atoms with Crippen LogP contribution in [0.5, 0.6) is 0 Å². The lowest BCUT2D eigenvalue weighted by molar-refractivity contribution is 0.304. The lowest BCUT2D eigenvalue weighted by Gasteiger charge is -2.61. The summed E-state index contributed by atoms with van der Waals surface area (Å²) < 4.78 is 2.59. The summed E-state index contributed by atoms with van der Waals surface area (Å²) in [6.45, 7) is 0.630. The van der Waals surface area contributed by atoms with Gasteiger partial charge >= 0.3 is 0 Å². The minimum absolute atomic E-state index is 0.155. The van der Waals surface area contributed by atoms with Crippen LogP contribution in [0.4, 0.5) is 28.4 Å². The van der Waals surface area contributed by atoms with Crippen molar-refractivity contribution in [3.63, 3.8) is 0 Å². The molecule has 1 saturated carbocycles. The zero-order chi connectivity index (χ0) is 61.1. The molecule has 7 aromatic carbocycles. The van der Waals surface area contributed by atoms with Gasteiger partial charge < -0.3 is 24.2 Å². The normalized spacial score (nSPS) is 28.4. The number of para-hydroxylation sites is 5. The maximum Gasteiger partial charge on any atom is 0.221 e. The largest absolute Gasteiger partial charge is 0.365 e. The number of rotatable bonds is 10. The van der Waals surface area contributed by atoms with Gasteiger partial charge in [-0.3, -0.25) is 0 Å². The third-order valence-corrected chi connectivity index (χ3v) is 26.6. The molecule has 0 radical (unpaired) electrons. The van der Waals surface area contributed by atoms with Crippen molar-refractivity contribution >= 4 is 104 Å². The second-order valence-corrected chi connectivity index (χ2v) is 31.0. The highest BCUT2D eigenvalue weighted by molar-refractivity contribution is 8.02. The Morgan fingerprint density at radius 3 is 2.09 bits per heavy atom. The number of benzene rings is 7. The fourth-order valence-electron chi connectivity index (χ4n) is 19.9. The van der Waals surface area contributed by atoms with Crippen molar-refractivity contribution in [3.8, 4) is 5.69 Å². The van der Waals surface area contributed by atoms with E-state index in [9.17, 15) is 0 Å². The van der Waals surface area contributed by atoms with Crippen molar-refractivity contribution in [2.24, 2.45) is 0 Å². The maximum absolute atomic E-state index is 3.08. The summed E-state index contributed by atoms with van der Waals surface area (Å²) in [6.07, 6.45) is 52.3. The first-order valence-corrected chi connectivity index (χ1v) is 37.0. The number of hydrogen-bond acceptors (Lipinski definition) is 6. The summed E-state index contributed by atoms with van der Waals surface area (Å²) in [4.78, 5) is 13.3. The molecule has 93 heavy (non-hydrogen) atoms. The topological polar surface area (TPSA) is 17.9 Å². The molecule has 0 spiro atoms. The number of fused-ring (bicyclic) bond motifs is 11. The number of allylic oxidation sites excluding steroid dienone is 14. The average Bonchev–Trinajstić information content (AvgIpc) is 1.35. The fraction of sp³-hybridized carbons (Fsp3) is 0.286. The molecule has 9 heteroatoms. The van der Waals surface area contributed by atoms with E-state index < -0.39 is 0 Å². The van der Waals surface area contributed by atoms with Crippen molar-refractivity contribution in [3.05, 3.63) is 278 Å². The summed E-state index contributed by atoms with van der Waals surface area (Å²) in [6, 6.07) is 65.9. The Morgan fingerprint density at radius 2 is 1.29 bits per heavy atom. The molecule has 7 aliphatic carbocycles. The molecule has 0 bridgehead atoms. The van der Waals surface area contributed by atoms with Crippen molar-refractivity contribution < 1.29 is 0 Å². The van der Waals surface area contributed by atoms with Crippen LogP contribution in [0.15, 0.2) is 277 Å². The predicted molar refractivity (Wildman–Crippen MR) is 400 cm³/mol. The first-order valence-electron chi connectivity index (χ1n) is 35.2. The molecule has 4 aliphatic heterocycles. The number of nitrogens with zero attached hydrogens (tertiary/aromatic N) is 5. The summed E-state index contributed by atoms with van der Waals surface area (Å²) in [5.41, 5.74) is 19.8. The van der Waals surface area contributed by atoms with E-state index in [1.165, 1.54) is 103 Å². The Hall–Kier alpha value is -7.97. The van der Waals surface area contributed by atoms with Crippen LogP contribution in [-0.2, 0) is 0 Å². The first-order chi connectivity index (χ1) is 46.2. The molecule has 8 aromatic rings. The van der Waals surface area contributed by atoms with Gasteiger partial charge in [0.25, 0.3) is 0 Å². The number of aromatic nitrogens is 1. The van der Waals surface area contributed by atoms with E-state index in [-0.39, 0.29) is 42.6 Å². The average molecular weight is 1240 g/mol. The minimum atomic E-state index is 0.155. The third kappa shape index (κ3) is 9.42. The van der Waals surface area contributed by atoms with Crippen LogP contribution in [-0.4, -0.2) is 64.0 Å². The van der Waals surface area contributed by atoms with Crippen molar-refractivity contribution in [2.45, 2.75) is 151 Å². The van der Waals surface area contributed by atoms with Crippen molar-refractivity contribution in [1.29, 1.82) is 0 Å². The molecule has 458 valence electrons. The molecule has 5 nitrogen and oxygen atoms in total. The predicted octanol–water partition coefficient (Wildman–Crippen LogP) is 18.5. The number of anilines is 5. The summed E-state index contributed by atoms with van der Waals surface area (Å²) in [7, 11) is 0. The van der Waals surface area contributed by atoms with Crippen molar-refractivity contribution in [1.82, 2.24) is 4.57 Å². The van der Waals surface area contributed by atoms with Gasteiger partial charge in [-0.15, -0.1) is 11.8 Å². The Kier molecular flexibility index (Phi) is 14.3. The Morgan fingerprint density at radius 1 is 0.516 bits per heavy atom. The number of hydrogen-bond donors (Lipinski definition) is 0. The van der Waals surface area contributed by atoms with Crippen LogP contribution in [0.1, 0.15) is 88.5 Å². The zero-order valence-electron chi connectivity index (χ0n) is 52.9. The summed E-state index contributed by atoms with van der Waals surface area (Å²) in [5, 5.41) is 4.08. The second-order valence-electron chi connectivity index (χ2n) is 28.3. The molecule has 1 saturated heterocycles. The molecule has 12 atom stereocenters. The van der Waals surface area contributed by atoms with Gasteiger partial charge in [0.15, 0.2) is 6.71 Å². The molecule has 0 amide bonds. The fourth-order valence-corrected chi connectivity index (χ4v) is 23.5. The standard InChI is InChI=1S/C84H79B2N5S2/c1-8-28-56(29-9-1)66-52-67-65-42-22-25-45-72(65)89(61-38-18-6-19-39-61)75(67)54-74(66)91-76-55-80-71(86-69-44-24-27-47-79(69)92-81-50-64(51-82(93-80)84(81)86)88(59-34-14-4-15-35-59)60-36-16-5-17-37-60)53-70(76)85-68-43-23-26-46-73(68)90(62-40-20-7-21-41-62)77-48-63(49-78(91)83(77)85)87(57-30-10-2-11-31-57)58-32-12-3-13-33-58/h1-12,14-20,22-26,28,30-31,34-36,38-40,42-46,50,52-56,58,60,63,69,77-79,81-84H,13,21,27,29,32-33,37,41,47-49,51H2. The summed E-state index contributed by atoms with van der Waals surface area (Å²) in [5.74, 6) is 1.51. The third-order valence-electron chi connectivity index (χ3n) is 23.5. The lowest BCUT2D eigenvalue weighted by atomic mass is 9.24.